The van der Waals surface area contributed by atoms with Gasteiger partial charge in [0.1, 0.15) is 11.6 Å². The Hall–Kier alpha value is -3.43. The molecular formula is C20H20F3N5O2. The first-order valence-corrected chi connectivity index (χ1v) is 9.27. The van der Waals surface area contributed by atoms with E-state index in [9.17, 15) is 18.0 Å². The Bertz CT molecular complexity index is 1030. The monoisotopic (exact) mass is 419 g/mol. The zero-order valence-corrected chi connectivity index (χ0v) is 16.3. The number of amides is 1. The number of halogens is 3. The summed E-state index contributed by atoms with van der Waals surface area (Å²) in [6.45, 7) is 0. The lowest BCUT2D eigenvalue weighted by molar-refractivity contribution is -0.174. The van der Waals surface area contributed by atoms with Crippen LogP contribution in [0.25, 0.3) is 0 Å². The van der Waals surface area contributed by atoms with Gasteiger partial charge in [0, 0.05) is 38.0 Å². The predicted octanol–water partition coefficient (Wildman–Crippen LogP) is 4.45. The number of benzene rings is 1. The van der Waals surface area contributed by atoms with E-state index in [4.69, 9.17) is 4.42 Å². The first-order chi connectivity index (χ1) is 14.2. The minimum absolute atomic E-state index is 0.108. The number of fused-ring (bicyclic) bond motifs is 1. The number of nitrogens with one attached hydrogen (secondary N) is 2. The summed E-state index contributed by atoms with van der Waals surface area (Å²) in [6, 6.07) is 9.08. The number of alkyl halides is 3. The zero-order chi connectivity index (χ0) is 21.5. The molecule has 4 rings (SSSR count). The van der Waals surface area contributed by atoms with Gasteiger partial charge in [-0.1, -0.05) is 0 Å². The second-order valence-electron chi connectivity index (χ2n) is 7.26. The van der Waals surface area contributed by atoms with E-state index < -0.39 is 24.2 Å². The molecule has 1 aliphatic rings. The molecule has 0 fully saturated rings. The van der Waals surface area contributed by atoms with Gasteiger partial charge in [-0.2, -0.15) is 18.3 Å². The summed E-state index contributed by atoms with van der Waals surface area (Å²) < 4.78 is 47.1. The van der Waals surface area contributed by atoms with Crippen LogP contribution in [0.15, 0.2) is 53.1 Å². The van der Waals surface area contributed by atoms with E-state index in [-0.39, 0.29) is 17.9 Å². The van der Waals surface area contributed by atoms with Gasteiger partial charge in [0.25, 0.3) is 5.91 Å². The lowest BCUT2D eigenvalue weighted by Crippen LogP contribution is -2.35. The topological polar surface area (TPSA) is 75.3 Å². The van der Waals surface area contributed by atoms with E-state index in [1.807, 2.05) is 31.1 Å². The number of hydrogen-bond acceptors (Lipinski definition) is 5. The number of aromatic nitrogens is 2. The van der Waals surface area contributed by atoms with E-state index in [1.54, 1.807) is 24.3 Å². The Morgan fingerprint density at radius 2 is 2.00 bits per heavy atom. The molecule has 0 radical (unpaired) electrons. The summed E-state index contributed by atoms with van der Waals surface area (Å²) in [6.07, 6.45) is -3.41. The third kappa shape index (κ3) is 3.85. The highest BCUT2D eigenvalue weighted by atomic mass is 19.4. The van der Waals surface area contributed by atoms with Crippen LogP contribution in [-0.4, -0.2) is 36.0 Å². The lowest BCUT2D eigenvalue weighted by Gasteiger charge is -2.32. The van der Waals surface area contributed by atoms with Crippen LogP contribution in [0.1, 0.15) is 34.8 Å². The molecule has 7 nitrogen and oxygen atoms in total. The Labute approximate surface area is 170 Å². The minimum atomic E-state index is -4.52. The minimum Gasteiger partial charge on any atom is -0.467 e. The molecule has 2 aromatic heterocycles. The molecule has 0 bridgehead atoms. The van der Waals surface area contributed by atoms with Crippen molar-refractivity contribution in [3.63, 3.8) is 0 Å². The van der Waals surface area contributed by atoms with Crippen molar-refractivity contribution < 1.29 is 22.4 Å². The molecule has 3 aromatic rings. The van der Waals surface area contributed by atoms with Crippen molar-refractivity contribution in [1.29, 1.82) is 0 Å². The van der Waals surface area contributed by atoms with Crippen LogP contribution in [0.3, 0.4) is 0 Å². The van der Waals surface area contributed by atoms with Gasteiger partial charge in [-0.05, 0) is 36.4 Å². The highest BCUT2D eigenvalue weighted by Gasteiger charge is 2.47. The molecule has 0 spiro atoms. The maximum Gasteiger partial charge on any atom is 0.410 e. The third-order valence-electron chi connectivity index (χ3n) is 4.95. The van der Waals surface area contributed by atoms with Crippen molar-refractivity contribution in [2.75, 3.05) is 29.6 Å². The van der Waals surface area contributed by atoms with Gasteiger partial charge in [-0.15, -0.1) is 0 Å². The standard InChI is InChI=1S/C20H20F3N5O2/c1-27(2)13-7-5-12(6-8-13)24-19(29)15-11-18-25-14(16-4-3-9-30-16)10-17(20(21,22)23)28(18)26-15/h3-9,11,14,17,25H,10H2,1-2H3,(H,24,29)/t14-,17-/m1/s1. The van der Waals surface area contributed by atoms with Crippen molar-refractivity contribution in [3.05, 3.63) is 60.2 Å². The quantitative estimate of drug-likeness (QED) is 0.653. The van der Waals surface area contributed by atoms with Crippen LogP contribution >= 0.6 is 0 Å². The van der Waals surface area contributed by atoms with Gasteiger partial charge in [-0.25, -0.2) is 4.68 Å². The molecule has 0 saturated carbocycles. The van der Waals surface area contributed by atoms with E-state index in [0.29, 0.717) is 11.4 Å². The van der Waals surface area contributed by atoms with Crippen molar-refractivity contribution in [2.45, 2.75) is 24.7 Å². The van der Waals surface area contributed by atoms with Crippen molar-refractivity contribution in [2.24, 2.45) is 0 Å². The van der Waals surface area contributed by atoms with Crippen LogP contribution in [0, 0.1) is 0 Å². The summed E-state index contributed by atoms with van der Waals surface area (Å²) in [4.78, 5) is 14.5. The molecular weight excluding hydrogens is 399 g/mol. The van der Waals surface area contributed by atoms with E-state index in [2.05, 4.69) is 15.7 Å². The number of hydrogen-bond donors (Lipinski definition) is 2. The number of furan rings is 1. The smallest absolute Gasteiger partial charge is 0.410 e. The second kappa shape index (κ2) is 7.43. The normalized spacial score (nSPS) is 18.4. The zero-order valence-electron chi connectivity index (χ0n) is 16.3. The summed E-state index contributed by atoms with van der Waals surface area (Å²) in [5, 5.41) is 9.59. The molecule has 1 aromatic carbocycles. The largest absolute Gasteiger partial charge is 0.467 e. The van der Waals surface area contributed by atoms with Crippen molar-refractivity contribution >= 4 is 23.1 Å². The van der Waals surface area contributed by atoms with Crippen LogP contribution in [0.4, 0.5) is 30.4 Å². The summed E-state index contributed by atoms with van der Waals surface area (Å²) in [7, 11) is 3.78. The highest BCUT2D eigenvalue weighted by Crippen LogP contribution is 2.43. The SMILES string of the molecule is CN(C)c1ccc(NC(=O)c2cc3n(n2)[C@@H](C(F)(F)F)C[C@H](c2ccco2)N3)cc1. The summed E-state index contributed by atoms with van der Waals surface area (Å²) >= 11 is 0. The van der Waals surface area contributed by atoms with Gasteiger partial charge in [-0.3, -0.25) is 4.79 Å². The first kappa shape index (κ1) is 19.9. The first-order valence-electron chi connectivity index (χ1n) is 9.27. The van der Waals surface area contributed by atoms with Crippen LogP contribution < -0.4 is 15.5 Å². The van der Waals surface area contributed by atoms with Crippen LogP contribution in [-0.2, 0) is 0 Å². The Morgan fingerprint density at radius 3 is 2.60 bits per heavy atom. The van der Waals surface area contributed by atoms with Crippen LogP contribution in [0.2, 0.25) is 0 Å². The number of rotatable bonds is 4. The van der Waals surface area contributed by atoms with E-state index in [0.717, 1.165) is 10.4 Å². The molecule has 1 aliphatic heterocycles. The Morgan fingerprint density at radius 1 is 1.27 bits per heavy atom. The molecule has 30 heavy (non-hydrogen) atoms. The molecule has 0 aliphatic carbocycles. The number of anilines is 3. The molecule has 0 saturated heterocycles. The van der Waals surface area contributed by atoms with Crippen LogP contribution in [0.5, 0.6) is 0 Å². The molecule has 1 amide bonds. The van der Waals surface area contributed by atoms with Gasteiger partial charge < -0.3 is 20.0 Å². The average Bonchev–Trinajstić information content (AvgIpc) is 3.36. The Balaban J connectivity index is 1.59. The molecule has 10 heteroatoms. The number of carbonyl (C=O) groups excluding carboxylic acids is 1. The molecule has 0 unspecified atom stereocenters. The second-order valence-corrected chi connectivity index (χ2v) is 7.26. The maximum atomic E-state index is 13.7. The lowest BCUT2D eigenvalue weighted by atomic mass is 10.0. The van der Waals surface area contributed by atoms with Crippen molar-refractivity contribution in [3.8, 4) is 0 Å². The molecule has 2 N–H and O–H groups in total. The summed E-state index contributed by atoms with van der Waals surface area (Å²) in [5.74, 6) is -0.0893. The predicted molar refractivity (Wildman–Crippen MR) is 106 cm³/mol. The maximum absolute atomic E-state index is 13.7. The van der Waals surface area contributed by atoms with Gasteiger partial charge in [0.2, 0.25) is 0 Å². The number of carbonyl (C=O) groups is 1. The number of nitrogens with zero attached hydrogens (tertiary/aromatic N) is 3. The summed E-state index contributed by atoms with van der Waals surface area (Å²) in [5.41, 5.74) is 1.36. The molecule has 2 atom stereocenters. The van der Waals surface area contributed by atoms with E-state index >= 15 is 0 Å². The fourth-order valence-electron chi connectivity index (χ4n) is 3.40. The molecule has 158 valence electrons. The van der Waals surface area contributed by atoms with Gasteiger partial charge in [0.15, 0.2) is 11.7 Å². The Kier molecular flexibility index (Phi) is 4.92. The van der Waals surface area contributed by atoms with E-state index in [1.165, 1.54) is 12.3 Å². The van der Waals surface area contributed by atoms with Crippen molar-refractivity contribution in [1.82, 2.24) is 9.78 Å². The van der Waals surface area contributed by atoms with Gasteiger partial charge in [0.05, 0.1) is 12.3 Å². The molecule has 3 heterocycles. The third-order valence-corrected chi connectivity index (χ3v) is 4.95. The highest BCUT2D eigenvalue weighted by molar-refractivity contribution is 6.03. The average molecular weight is 419 g/mol. The van der Waals surface area contributed by atoms with Gasteiger partial charge >= 0.3 is 6.18 Å². The fourth-order valence-corrected chi connectivity index (χ4v) is 3.40. The fraction of sp³-hybridized carbons (Fsp3) is 0.300.